The molecule has 0 spiro atoms. The average Bonchev–Trinajstić information content (AvgIpc) is 3.45. The molecule has 2 aromatic carbocycles. The van der Waals surface area contributed by atoms with Gasteiger partial charge in [-0.3, -0.25) is 5.32 Å². The number of nitrogen functional groups attached to an aromatic ring is 1. The summed E-state index contributed by atoms with van der Waals surface area (Å²) in [7, 11) is 0. The Morgan fingerprint density at radius 1 is 1.11 bits per heavy atom. The molecule has 0 atom stereocenters. The molecule has 0 saturated heterocycles. The van der Waals surface area contributed by atoms with Gasteiger partial charge in [-0.05, 0) is 70.2 Å². The molecule has 5 rings (SSSR count). The van der Waals surface area contributed by atoms with Crippen molar-refractivity contribution in [3.63, 3.8) is 0 Å². The summed E-state index contributed by atoms with van der Waals surface area (Å²) in [6, 6.07) is 14.4. The van der Waals surface area contributed by atoms with Crippen LogP contribution in [0.15, 0.2) is 55.1 Å². The number of hydrogen-bond donors (Lipinski definition) is 2. The lowest BCUT2D eigenvalue weighted by atomic mass is 9.92. The Labute approximate surface area is 216 Å². The fraction of sp³-hybridized carbons (Fsp3) is 0.393. The van der Waals surface area contributed by atoms with Crippen LogP contribution in [0.5, 0.6) is 5.75 Å². The van der Waals surface area contributed by atoms with E-state index in [-0.39, 0.29) is 6.10 Å². The summed E-state index contributed by atoms with van der Waals surface area (Å²) in [5, 5.41) is 11.5. The smallest absolute Gasteiger partial charge is 0.411 e. The van der Waals surface area contributed by atoms with Crippen molar-refractivity contribution in [3.05, 3.63) is 55.1 Å². The quantitative estimate of drug-likeness (QED) is 0.257. The first-order valence-corrected chi connectivity index (χ1v) is 13.0. The maximum atomic E-state index is 12.0. The second-order valence-corrected chi connectivity index (χ2v) is 9.81. The third-order valence-corrected chi connectivity index (χ3v) is 6.75. The number of carbonyl (C=O) groups excluding carboxylic acids is 1. The highest BCUT2D eigenvalue weighted by Gasteiger charge is 2.27. The van der Waals surface area contributed by atoms with E-state index < -0.39 is 6.09 Å². The summed E-state index contributed by atoms with van der Waals surface area (Å²) in [6.07, 6.45) is 8.24. The van der Waals surface area contributed by atoms with Gasteiger partial charge < -0.3 is 24.3 Å². The van der Waals surface area contributed by atoms with Crippen molar-refractivity contribution in [2.45, 2.75) is 64.6 Å². The summed E-state index contributed by atoms with van der Waals surface area (Å²) in [5.74, 6) is 0.852. The standard InChI is InChI=1S/C28H34N6O3/c1-19(2)37-28(35)32-21-10-8-20(9-11-21)27-26(29)24-13-12-23(16-25(24)34(27)22-6-5-7-22)36-15-4-3-14-33-17-30-31-18-33/h8-13,16-19,22H,3-7,14-15,29H2,1-2H3,(H,32,35). The zero-order chi connectivity index (χ0) is 25.8. The molecule has 37 heavy (non-hydrogen) atoms. The minimum absolute atomic E-state index is 0.175. The van der Waals surface area contributed by atoms with Crippen LogP contribution in [0.2, 0.25) is 0 Å². The molecular formula is C28H34N6O3. The Morgan fingerprint density at radius 2 is 1.86 bits per heavy atom. The minimum Gasteiger partial charge on any atom is -0.494 e. The monoisotopic (exact) mass is 502 g/mol. The highest BCUT2D eigenvalue weighted by atomic mass is 16.6. The topological polar surface area (TPSA) is 109 Å². The first kappa shape index (κ1) is 24.7. The van der Waals surface area contributed by atoms with Crippen molar-refractivity contribution in [1.29, 1.82) is 0 Å². The lowest BCUT2D eigenvalue weighted by molar-refractivity contribution is 0.130. The Bertz CT molecular complexity index is 1340. The van der Waals surface area contributed by atoms with Crippen LogP contribution in [0.1, 0.15) is 52.0 Å². The molecule has 9 nitrogen and oxygen atoms in total. The van der Waals surface area contributed by atoms with Crippen molar-refractivity contribution in [3.8, 4) is 17.0 Å². The van der Waals surface area contributed by atoms with Crippen LogP contribution in [0.3, 0.4) is 0 Å². The predicted octanol–water partition coefficient (Wildman–Crippen LogP) is 6.02. The van der Waals surface area contributed by atoms with Crippen LogP contribution in [0.4, 0.5) is 16.2 Å². The summed E-state index contributed by atoms with van der Waals surface area (Å²) in [6.45, 7) is 5.17. The number of aryl methyl sites for hydroxylation is 1. The van der Waals surface area contributed by atoms with E-state index in [1.165, 1.54) is 6.42 Å². The molecule has 3 N–H and O–H groups in total. The van der Waals surface area contributed by atoms with Gasteiger partial charge in [0.15, 0.2) is 0 Å². The van der Waals surface area contributed by atoms with E-state index in [0.29, 0.717) is 18.3 Å². The Morgan fingerprint density at radius 3 is 2.54 bits per heavy atom. The highest BCUT2D eigenvalue weighted by molar-refractivity contribution is 6.01. The van der Waals surface area contributed by atoms with Crippen molar-refractivity contribution in [2.75, 3.05) is 17.7 Å². The van der Waals surface area contributed by atoms with E-state index >= 15 is 0 Å². The Kier molecular flexibility index (Phi) is 7.30. The summed E-state index contributed by atoms with van der Waals surface area (Å²) < 4.78 is 15.6. The predicted molar refractivity (Wildman–Crippen MR) is 145 cm³/mol. The first-order chi connectivity index (χ1) is 18.0. The number of ether oxygens (including phenoxy) is 2. The molecule has 1 aliphatic rings. The largest absolute Gasteiger partial charge is 0.494 e. The number of carbonyl (C=O) groups is 1. The third-order valence-electron chi connectivity index (χ3n) is 6.75. The molecule has 9 heteroatoms. The van der Waals surface area contributed by atoms with Crippen LogP contribution in [-0.2, 0) is 11.3 Å². The van der Waals surface area contributed by atoms with Crippen molar-refractivity contribution < 1.29 is 14.3 Å². The lowest BCUT2D eigenvalue weighted by Crippen LogP contribution is -2.18. The molecule has 0 aliphatic heterocycles. The Balaban J connectivity index is 1.35. The molecule has 1 amide bonds. The van der Waals surface area contributed by atoms with Gasteiger partial charge in [0.1, 0.15) is 18.4 Å². The van der Waals surface area contributed by atoms with E-state index in [1.807, 2.05) is 48.7 Å². The van der Waals surface area contributed by atoms with E-state index in [0.717, 1.165) is 65.8 Å². The molecule has 1 aliphatic carbocycles. The first-order valence-electron chi connectivity index (χ1n) is 13.0. The number of nitrogens with two attached hydrogens (primary N) is 1. The fourth-order valence-corrected chi connectivity index (χ4v) is 4.72. The van der Waals surface area contributed by atoms with Gasteiger partial charge in [-0.2, -0.15) is 0 Å². The number of unbranched alkanes of at least 4 members (excludes halogenated alkanes) is 1. The van der Waals surface area contributed by atoms with Gasteiger partial charge in [-0.1, -0.05) is 12.1 Å². The van der Waals surface area contributed by atoms with Crippen molar-refractivity contribution in [1.82, 2.24) is 19.3 Å². The maximum absolute atomic E-state index is 12.0. The number of amides is 1. The third kappa shape index (κ3) is 5.55. The van der Waals surface area contributed by atoms with Gasteiger partial charge in [0.2, 0.25) is 0 Å². The molecule has 4 aromatic rings. The number of rotatable bonds is 10. The number of fused-ring (bicyclic) bond motifs is 1. The number of anilines is 2. The van der Waals surface area contributed by atoms with Crippen LogP contribution < -0.4 is 15.8 Å². The van der Waals surface area contributed by atoms with Gasteiger partial charge in [0, 0.05) is 35.3 Å². The molecule has 2 aromatic heterocycles. The summed E-state index contributed by atoms with van der Waals surface area (Å²) in [4.78, 5) is 12.0. The van der Waals surface area contributed by atoms with Gasteiger partial charge in [-0.15, -0.1) is 10.2 Å². The van der Waals surface area contributed by atoms with E-state index in [1.54, 1.807) is 12.7 Å². The van der Waals surface area contributed by atoms with Gasteiger partial charge in [0.05, 0.1) is 29.6 Å². The minimum atomic E-state index is -0.461. The number of nitrogens with zero attached hydrogens (tertiary/aromatic N) is 4. The number of aromatic nitrogens is 4. The zero-order valence-electron chi connectivity index (χ0n) is 21.4. The van der Waals surface area contributed by atoms with E-state index in [2.05, 4.69) is 32.2 Å². The van der Waals surface area contributed by atoms with Crippen LogP contribution in [-0.4, -0.2) is 38.1 Å². The molecular weight excluding hydrogens is 468 g/mol. The SMILES string of the molecule is CC(C)OC(=O)Nc1ccc(-c2c(N)c3ccc(OCCCCn4cnnc4)cc3n2C2CCC2)cc1. The molecule has 1 saturated carbocycles. The van der Waals surface area contributed by atoms with E-state index in [4.69, 9.17) is 15.2 Å². The van der Waals surface area contributed by atoms with E-state index in [9.17, 15) is 4.79 Å². The lowest BCUT2D eigenvalue weighted by Gasteiger charge is -2.30. The average molecular weight is 503 g/mol. The molecule has 194 valence electrons. The van der Waals surface area contributed by atoms with Crippen LogP contribution in [0.25, 0.3) is 22.2 Å². The van der Waals surface area contributed by atoms with Crippen LogP contribution in [0, 0.1) is 0 Å². The number of hydrogen-bond acceptors (Lipinski definition) is 6. The maximum Gasteiger partial charge on any atom is 0.411 e. The highest BCUT2D eigenvalue weighted by Crippen LogP contribution is 2.45. The fourth-order valence-electron chi connectivity index (χ4n) is 4.72. The van der Waals surface area contributed by atoms with Crippen molar-refractivity contribution in [2.24, 2.45) is 0 Å². The zero-order valence-corrected chi connectivity index (χ0v) is 21.4. The normalized spacial score (nSPS) is 13.6. The second kappa shape index (κ2) is 10.9. The Hall–Kier alpha value is -4.01. The second-order valence-electron chi connectivity index (χ2n) is 9.81. The van der Waals surface area contributed by atoms with Crippen molar-refractivity contribution >= 4 is 28.4 Å². The van der Waals surface area contributed by atoms with Gasteiger partial charge in [-0.25, -0.2) is 4.79 Å². The number of nitrogens with one attached hydrogen (secondary N) is 1. The molecule has 2 heterocycles. The van der Waals surface area contributed by atoms with Gasteiger partial charge >= 0.3 is 6.09 Å². The van der Waals surface area contributed by atoms with Crippen LogP contribution >= 0.6 is 0 Å². The molecule has 0 bridgehead atoms. The molecule has 1 fully saturated rings. The molecule has 0 radical (unpaired) electrons. The number of benzene rings is 2. The van der Waals surface area contributed by atoms with Gasteiger partial charge in [0.25, 0.3) is 0 Å². The summed E-state index contributed by atoms with van der Waals surface area (Å²) in [5.41, 5.74) is 11.3. The summed E-state index contributed by atoms with van der Waals surface area (Å²) >= 11 is 0. The molecule has 0 unspecified atom stereocenters.